The van der Waals surface area contributed by atoms with Gasteiger partial charge in [-0.25, -0.2) is 4.39 Å². The standard InChI is InChI=1S/C13H8BrClFN3O/c14-9-5-4-8(20-9)12-10(13(17)19-18-12)6-2-1-3-7(15)11(6)16/h1-5H,(H3,17,18,19). The minimum Gasteiger partial charge on any atom is -0.448 e. The van der Waals surface area contributed by atoms with Gasteiger partial charge in [-0.3, -0.25) is 5.10 Å². The number of rotatable bonds is 2. The van der Waals surface area contributed by atoms with Crippen LogP contribution in [0.15, 0.2) is 39.4 Å². The van der Waals surface area contributed by atoms with E-state index in [-0.39, 0.29) is 16.4 Å². The van der Waals surface area contributed by atoms with Gasteiger partial charge in [-0.15, -0.1) is 0 Å². The Labute approximate surface area is 126 Å². The van der Waals surface area contributed by atoms with E-state index in [2.05, 4.69) is 26.1 Å². The molecule has 2 aromatic heterocycles. The van der Waals surface area contributed by atoms with Crippen LogP contribution in [-0.4, -0.2) is 10.2 Å². The van der Waals surface area contributed by atoms with E-state index in [9.17, 15) is 4.39 Å². The molecule has 0 aliphatic carbocycles. The molecule has 0 spiro atoms. The van der Waals surface area contributed by atoms with Crippen molar-refractivity contribution in [2.75, 3.05) is 5.73 Å². The van der Waals surface area contributed by atoms with Gasteiger partial charge in [0.15, 0.2) is 16.2 Å². The van der Waals surface area contributed by atoms with E-state index in [4.69, 9.17) is 21.8 Å². The lowest BCUT2D eigenvalue weighted by molar-refractivity contribution is 0.553. The van der Waals surface area contributed by atoms with E-state index in [1.807, 2.05) is 0 Å². The van der Waals surface area contributed by atoms with Gasteiger partial charge in [0.25, 0.3) is 0 Å². The van der Waals surface area contributed by atoms with Crippen LogP contribution in [0.25, 0.3) is 22.6 Å². The third-order valence-electron chi connectivity index (χ3n) is 2.83. The van der Waals surface area contributed by atoms with E-state index in [1.54, 1.807) is 24.3 Å². The van der Waals surface area contributed by atoms with Crippen molar-refractivity contribution in [1.29, 1.82) is 0 Å². The van der Waals surface area contributed by atoms with Crippen LogP contribution in [0, 0.1) is 5.82 Å². The minimum absolute atomic E-state index is 0.0228. The van der Waals surface area contributed by atoms with E-state index in [1.165, 1.54) is 6.07 Å². The molecule has 0 bridgehead atoms. The predicted molar refractivity (Wildman–Crippen MR) is 78.8 cm³/mol. The number of nitrogen functional groups attached to an aromatic ring is 1. The fourth-order valence-electron chi connectivity index (χ4n) is 1.95. The molecule has 0 aliphatic rings. The summed E-state index contributed by atoms with van der Waals surface area (Å²) in [7, 11) is 0. The maximum Gasteiger partial charge on any atom is 0.169 e. The molecule has 0 saturated heterocycles. The van der Waals surface area contributed by atoms with Crippen molar-refractivity contribution in [2.45, 2.75) is 0 Å². The normalized spacial score (nSPS) is 10.9. The van der Waals surface area contributed by atoms with Crippen molar-refractivity contribution in [3.05, 3.63) is 45.8 Å². The smallest absolute Gasteiger partial charge is 0.169 e. The first-order chi connectivity index (χ1) is 9.58. The molecule has 3 aromatic rings. The van der Waals surface area contributed by atoms with E-state index in [0.29, 0.717) is 21.7 Å². The van der Waals surface area contributed by atoms with Crippen LogP contribution in [0.1, 0.15) is 0 Å². The Kier molecular flexibility index (Phi) is 3.27. The van der Waals surface area contributed by atoms with Crippen molar-refractivity contribution in [3.8, 4) is 22.6 Å². The Balaban J connectivity index is 2.24. The highest BCUT2D eigenvalue weighted by atomic mass is 79.9. The zero-order valence-electron chi connectivity index (χ0n) is 9.95. The third-order valence-corrected chi connectivity index (χ3v) is 3.55. The molecule has 20 heavy (non-hydrogen) atoms. The fourth-order valence-corrected chi connectivity index (χ4v) is 2.43. The summed E-state index contributed by atoms with van der Waals surface area (Å²) in [5.74, 6) is 0.123. The van der Waals surface area contributed by atoms with Crippen LogP contribution in [0.3, 0.4) is 0 Å². The molecule has 3 N–H and O–H groups in total. The Bertz CT molecular complexity index is 784. The SMILES string of the molecule is Nc1n[nH]c(-c2ccc(Br)o2)c1-c1cccc(Cl)c1F. The highest BCUT2D eigenvalue weighted by molar-refractivity contribution is 9.10. The molecule has 7 heteroatoms. The molecule has 0 fully saturated rings. The summed E-state index contributed by atoms with van der Waals surface area (Å²) in [6.07, 6.45) is 0. The lowest BCUT2D eigenvalue weighted by Gasteiger charge is -2.05. The number of hydrogen-bond donors (Lipinski definition) is 2. The molecule has 4 nitrogen and oxygen atoms in total. The van der Waals surface area contributed by atoms with Gasteiger partial charge >= 0.3 is 0 Å². The zero-order valence-corrected chi connectivity index (χ0v) is 12.3. The Morgan fingerprint density at radius 2 is 2.10 bits per heavy atom. The number of halogens is 3. The van der Waals surface area contributed by atoms with E-state index in [0.717, 1.165) is 0 Å². The minimum atomic E-state index is -0.547. The second-order valence-electron chi connectivity index (χ2n) is 4.06. The number of aromatic nitrogens is 2. The summed E-state index contributed by atoms with van der Waals surface area (Å²) in [6.45, 7) is 0. The average molecular weight is 357 g/mol. The summed E-state index contributed by atoms with van der Waals surface area (Å²) >= 11 is 9.02. The lowest BCUT2D eigenvalue weighted by atomic mass is 10.0. The van der Waals surface area contributed by atoms with Crippen LogP contribution >= 0.6 is 27.5 Å². The van der Waals surface area contributed by atoms with Gasteiger partial charge in [0, 0.05) is 5.56 Å². The fraction of sp³-hybridized carbons (Fsp3) is 0. The molecule has 2 heterocycles. The highest BCUT2D eigenvalue weighted by Crippen LogP contribution is 2.38. The number of nitrogens with two attached hydrogens (primary N) is 1. The zero-order chi connectivity index (χ0) is 14.3. The van der Waals surface area contributed by atoms with Crippen molar-refractivity contribution in [1.82, 2.24) is 10.2 Å². The van der Waals surface area contributed by atoms with Crippen LogP contribution in [0.2, 0.25) is 5.02 Å². The van der Waals surface area contributed by atoms with Crippen molar-refractivity contribution in [2.24, 2.45) is 0 Å². The molecule has 0 aliphatic heterocycles. The van der Waals surface area contributed by atoms with Crippen LogP contribution < -0.4 is 5.73 Å². The summed E-state index contributed by atoms with van der Waals surface area (Å²) in [6, 6.07) is 8.16. The maximum atomic E-state index is 14.2. The Morgan fingerprint density at radius 3 is 2.80 bits per heavy atom. The summed E-state index contributed by atoms with van der Waals surface area (Å²) in [4.78, 5) is 0. The Hall–Kier alpha value is -1.79. The second kappa shape index (κ2) is 4.96. The van der Waals surface area contributed by atoms with Gasteiger partial charge in [0.05, 0.1) is 10.6 Å². The highest BCUT2D eigenvalue weighted by Gasteiger charge is 2.21. The summed E-state index contributed by atoms with van der Waals surface area (Å²) in [5.41, 5.74) is 7.02. The molecule has 0 amide bonds. The number of anilines is 1. The first kappa shape index (κ1) is 13.2. The first-order valence-electron chi connectivity index (χ1n) is 5.62. The largest absolute Gasteiger partial charge is 0.448 e. The van der Waals surface area contributed by atoms with Gasteiger partial charge in [-0.1, -0.05) is 23.7 Å². The van der Waals surface area contributed by atoms with Crippen molar-refractivity contribution < 1.29 is 8.81 Å². The number of nitrogens with one attached hydrogen (secondary N) is 1. The quantitative estimate of drug-likeness (QED) is 0.711. The van der Waals surface area contributed by atoms with Gasteiger partial charge in [-0.2, -0.15) is 5.10 Å². The van der Waals surface area contributed by atoms with Crippen molar-refractivity contribution in [3.63, 3.8) is 0 Å². The number of hydrogen-bond acceptors (Lipinski definition) is 3. The maximum absolute atomic E-state index is 14.2. The van der Waals surface area contributed by atoms with Crippen molar-refractivity contribution >= 4 is 33.3 Å². The number of furan rings is 1. The summed E-state index contributed by atoms with van der Waals surface area (Å²) in [5, 5.41) is 6.69. The second-order valence-corrected chi connectivity index (χ2v) is 5.25. The third kappa shape index (κ3) is 2.10. The van der Waals surface area contributed by atoms with Crippen LogP contribution in [0.5, 0.6) is 0 Å². The van der Waals surface area contributed by atoms with Gasteiger partial charge in [-0.05, 0) is 34.1 Å². The van der Waals surface area contributed by atoms with Crippen LogP contribution in [0.4, 0.5) is 10.2 Å². The van der Waals surface area contributed by atoms with Crippen LogP contribution in [-0.2, 0) is 0 Å². The van der Waals surface area contributed by atoms with Gasteiger partial charge in [0.1, 0.15) is 11.5 Å². The monoisotopic (exact) mass is 355 g/mol. The molecule has 0 radical (unpaired) electrons. The first-order valence-corrected chi connectivity index (χ1v) is 6.79. The number of aromatic amines is 1. The molecule has 0 atom stereocenters. The molecule has 0 unspecified atom stereocenters. The molecular weight excluding hydrogens is 349 g/mol. The van der Waals surface area contributed by atoms with E-state index >= 15 is 0 Å². The van der Waals surface area contributed by atoms with E-state index < -0.39 is 5.82 Å². The topological polar surface area (TPSA) is 67.8 Å². The number of benzene rings is 1. The number of H-pyrrole nitrogens is 1. The lowest BCUT2D eigenvalue weighted by Crippen LogP contribution is -1.92. The van der Waals surface area contributed by atoms with Gasteiger partial charge in [0.2, 0.25) is 0 Å². The molecule has 1 aromatic carbocycles. The predicted octanol–water partition coefficient (Wildman–Crippen LogP) is 4.47. The Morgan fingerprint density at radius 1 is 1.30 bits per heavy atom. The molecule has 3 rings (SSSR count). The average Bonchev–Trinajstić information content (AvgIpc) is 2.99. The molecular formula is C13H8BrClFN3O. The van der Waals surface area contributed by atoms with Gasteiger partial charge < -0.3 is 10.2 Å². The molecule has 0 saturated carbocycles. The summed E-state index contributed by atoms with van der Waals surface area (Å²) < 4.78 is 20.2. The number of nitrogens with zero attached hydrogens (tertiary/aromatic N) is 1. The molecule has 102 valence electrons.